The molecule has 0 bridgehead atoms. The van der Waals surface area contributed by atoms with Crippen molar-refractivity contribution in [3.8, 4) is 5.75 Å². The van der Waals surface area contributed by atoms with Crippen LogP contribution in [0.15, 0.2) is 76.6 Å². The highest BCUT2D eigenvalue weighted by Gasteiger charge is 2.39. The van der Waals surface area contributed by atoms with Crippen molar-refractivity contribution in [1.29, 1.82) is 0 Å². The maximum absolute atomic E-state index is 13.6. The van der Waals surface area contributed by atoms with Gasteiger partial charge in [-0.05, 0) is 77.6 Å². The van der Waals surface area contributed by atoms with Crippen molar-refractivity contribution in [3.63, 3.8) is 0 Å². The molecule has 0 spiro atoms. The van der Waals surface area contributed by atoms with Crippen LogP contribution < -0.4 is 4.74 Å². The summed E-state index contributed by atoms with van der Waals surface area (Å²) in [7, 11) is 0. The SMILES string of the molecule is O=C1C(=Cc2ccc(OCc3cccc4ccccc34)cc2)SC(=NC2CCCCC2)N1C1CCCCC1. The molecule has 0 atom stereocenters. The van der Waals surface area contributed by atoms with Crippen LogP contribution in [0, 0.1) is 0 Å². The van der Waals surface area contributed by atoms with Crippen molar-refractivity contribution in [2.75, 3.05) is 0 Å². The Morgan fingerprint density at radius 3 is 2.34 bits per heavy atom. The number of ether oxygens (including phenoxy) is 1. The Balaban J connectivity index is 1.17. The van der Waals surface area contributed by atoms with E-state index in [9.17, 15) is 4.79 Å². The molecule has 1 aliphatic heterocycles. The number of rotatable bonds is 6. The molecule has 2 saturated carbocycles. The molecule has 38 heavy (non-hydrogen) atoms. The van der Waals surface area contributed by atoms with E-state index < -0.39 is 0 Å². The van der Waals surface area contributed by atoms with E-state index in [1.165, 1.54) is 54.9 Å². The van der Waals surface area contributed by atoms with E-state index in [0.29, 0.717) is 18.7 Å². The molecule has 3 aromatic rings. The Morgan fingerprint density at radius 2 is 1.55 bits per heavy atom. The van der Waals surface area contributed by atoms with Crippen LogP contribution in [-0.4, -0.2) is 28.1 Å². The summed E-state index contributed by atoms with van der Waals surface area (Å²) in [5.41, 5.74) is 2.19. The summed E-state index contributed by atoms with van der Waals surface area (Å²) in [6, 6.07) is 23.5. The number of benzene rings is 3. The molecule has 1 amide bonds. The van der Waals surface area contributed by atoms with Gasteiger partial charge in [0.05, 0.1) is 10.9 Å². The highest BCUT2D eigenvalue weighted by Crippen LogP contribution is 2.38. The average Bonchev–Trinajstić information content (AvgIpc) is 3.27. The van der Waals surface area contributed by atoms with Gasteiger partial charge in [-0.3, -0.25) is 14.7 Å². The lowest BCUT2D eigenvalue weighted by Crippen LogP contribution is -2.41. The lowest BCUT2D eigenvalue weighted by molar-refractivity contribution is -0.124. The summed E-state index contributed by atoms with van der Waals surface area (Å²) in [6.07, 6.45) is 14.0. The van der Waals surface area contributed by atoms with E-state index in [1.807, 2.05) is 35.2 Å². The van der Waals surface area contributed by atoms with Gasteiger partial charge in [0.2, 0.25) is 0 Å². The van der Waals surface area contributed by atoms with Crippen LogP contribution in [-0.2, 0) is 11.4 Å². The lowest BCUT2D eigenvalue weighted by atomic mass is 9.94. The summed E-state index contributed by atoms with van der Waals surface area (Å²) in [5, 5.41) is 3.39. The topological polar surface area (TPSA) is 41.9 Å². The van der Waals surface area contributed by atoms with Gasteiger partial charge in [-0.25, -0.2) is 0 Å². The lowest BCUT2D eigenvalue weighted by Gasteiger charge is -2.31. The second-order valence-electron chi connectivity index (χ2n) is 10.8. The summed E-state index contributed by atoms with van der Waals surface area (Å²) in [6.45, 7) is 0.521. The van der Waals surface area contributed by atoms with Crippen molar-refractivity contribution < 1.29 is 9.53 Å². The van der Waals surface area contributed by atoms with E-state index in [1.54, 1.807) is 11.8 Å². The fraction of sp³-hybridized carbons (Fsp3) is 0.394. The van der Waals surface area contributed by atoms with Crippen molar-refractivity contribution in [2.45, 2.75) is 82.9 Å². The molecular formula is C33H36N2O2S. The summed E-state index contributed by atoms with van der Waals surface area (Å²) >= 11 is 1.58. The second kappa shape index (κ2) is 11.8. The van der Waals surface area contributed by atoms with Crippen LogP contribution in [0.5, 0.6) is 5.75 Å². The first-order valence-corrected chi connectivity index (χ1v) is 15.1. The molecule has 1 heterocycles. The molecule has 0 radical (unpaired) electrons. The van der Waals surface area contributed by atoms with Crippen molar-refractivity contribution >= 4 is 39.7 Å². The first-order valence-electron chi connectivity index (χ1n) is 14.2. The van der Waals surface area contributed by atoms with Gasteiger partial charge in [0.1, 0.15) is 12.4 Å². The quantitative estimate of drug-likeness (QED) is 0.304. The fourth-order valence-corrected chi connectivity index (χ4v) is 7.10. The van der Waals surface area contributed by atoms with Gasteiger partial charge in [-0.2, -0.15) is 0 Å². The Hall–Kier alpha value is -3.05. The number of thioether (sulfide) groups is 1. The largest absolute Gasteiger partial charge is 0.489 e. The van der Waals surface area contributed by atoms with Gasteiger partial charge in [-0.15, -0.1) is 0 Å². The Kier molecular flexibility index (Phi) is 7.82. The summed E-state index contributed by atoms with van der Waals surface area (Å²) < 4.78 is 6.12. The first kappa shape index (κ1) is 25.2. The Labute approximate surface area is 230 Å². The van der Waals surface area contributed by atoms with Crippen molar-refractivity contribution in [1.82, 2.24) is 4.90 Å². The zero-order chi connectivity index (χ0) is 25.7. The van der Waals surface area contributed by atoms with Gasteiger partial charge < -0.3 is 4.74 Å². The highest BCUT2D eigenvalue weighted by molar-refractivity contribution is 8.18. The van der Waals surface area contributed by atoms with Crippen LogP contribution in [0.4, 0.5) is 0 Å². The minimum absolute atomic E-state index is 0.132. The smallest absolute Gasteiger partial charge is 0.266 e. The van der Waals surface area contributed by atoms with Gasteiger partial charge >= 0.3 is 0 Å². The van der Waals surface area contributed by atoms with Crippen molar-refractivity contribution in [3.05, 3.63) is 82.8 Å². The van der Waals surface area contributed by atoms with Crippen LogP contribution in [0.3, 0.4) is 0 Å². The van der Waals surface area contributed by atoms with Gasteiger partial charge in [0.15, 0.2) is 5.17 Å². The normalized spacial score (nSPS) is 21.6. The molecule has 6 rings (SSSR count). The van der Waals surface area contributed by atoms with E-state index in [-0.39, 0.29) is 5.91 Å². The number of nitrogens with zero attached hydrogens (tertiary/aromatic N) is 2. The van der Waals surface area contributed by atoms with Crippen molar-refractivity contribution in [2.24, 2.45) is 4.99 Å². The molecule has 4 nitrogen and oxygen atoms in total. The monoisotopic (exact) mass is 524 g/mol. The molecule has 3 aliphatic rings. The van der Waals surface area contributed by atoms with E-state index in [0.717, 1.165) is 47.1 Å². The minimum atomic E-state index is 0.132. The standard InChI is InChI=1S/C33H36N2O2S/c36-32-31(38-33(34-27-13-3-1-4-14-27)35(32)28-15-5-2-6-16-28)22-24-18-20-29(21-19-24)37-23-26-12-9-11-25-10-7-8-17-30(25)26/h7-12,17-22,27-28H,1-6,13-16,23H2. The fourth-order valence-electron chi connectivity index (χ4n) is 6.00. The molecule has 5 heteroatoms. The predicted octanol–water partition coefficient (Wildman–Crippen LogP) is 8.36. The number of hydrogen-bond donors (Lipinski definition) is 0. The van der Waals surface area contributed by atoms with Crippen LogP contribution in [0.25, 0.3) is 16.8 Å². The molecule has 1 saturated heterocycles. The predicted molar refractivity (Wildman–Crippen MR) is 158 cm³/mol. The third kappa shape index (κ3) is 5.68. The molecule has 196 valence electrons. The van der Waals surface area contributed by atoms with E-state index in [4.69, 9.17) is 9.73 Å². The molecule has 0 aromatic heterocycles. The van der Waals surface area contributed by atoms with Gasteiger partial charge in [0.25, 0.3) is 5.91 Å². The number of amidine groups is 1. The molecule has 3 fully saturated rings. The minimum Gasteiger partial charge on any atom is -0.489 e. The zero-order valence-corrected chi connectivity index (χ0v) is 22.8. The molecular weight excluding hydrogens is 488 g/mol. The van der Waals surface area contributed by atoms with Crippen LogP contribution in [0.2, 0.25) is 0 Å². The average molecular weight is 525 g/mol. The Morgan fingerprint density at radius 1 is 0.842 bits per heavy atom. The van der Waals surface area contributed by atoms with Gasteiger partial charge in [-0.1, -0.05) is 93.1 Å². The van der Waals surface area contributed by atoms with E-state index in [2.05, 4.69) is 42.5 Å². The number of aliphatic imine (C=N–C) groups is 1. The number of carbonyl (C=O) groups excluding carboxylic acids is 1. The number of hydrogen-bond acceptors (Lipinski definition) is 4. The molecule has 3 aromatic carbocycles. The first-order chi connectivity index (χ1) is 18.7. The van der Waals surface area contributed by atoms with Crippen LogP contribution in [0.1, 0.15) is 75.3 Å². The highest BCUT2D eigenvalue weighted by atomic mass is 32.2. The second-order valence-corrected chi connectivity index (χ2v) is 11.8. The summed E-state index contributed by atoms with van der Waals surface area (Å²) in [4.78, 5) is 21.6. The number of fused-ring (bicyclic) bond motifs is 1. The number of carbonyl (C=O) groups is 1. The molecule has 0 N–H and O–H groups in total. The molecule has 0 unspecified atom stereocenters. The zero-order valence-electron chi connectivity index (χ0n) is 22.0. The van der Waals surface area contributed by atoms with E-state index >= 15 is 0 Å². The summed E-state index contributed by atoms with van der Waals surface area (Å²) in [5.74, 6) is 0.960. The maximum atomic E-state index is 13.6. The molecule has 2 aliphatic carbocycles. The van der Waals surface area contributed by atoms with Gasteiger partial charge in [0, 0.05) is 6.04 Å². The Bertz CT molecular complexity index is 1330. The third-order valence-corrected chi connectivity index (χ3v) is 9.09. The third-order valence-electron chi connectivity index (χ3n) is 8.10. The number of amides is 1. The van der Waals surface area contributed by atoms with Crippen LogP contribution >= 0.6 is 11.8 Å². The maximum Gasteiger partial charge on any atom is 0.266 e.